The molecule has 404 valence electrons. The summed E-state index contributed by atoms with van der Waals surface area (Å²) in [6.45, 7) is 4.02. The van der Waals surface area contributed by atoms with Crippen molar-refractivity contribution in [2.24, 2.45) is 0 Å². The van der Waals surface area contributed by atoms with Crippen LogP contribution in [-0.4, -0.2) is 145 Å². The van der Waals surface area contributed by atoms with Gasteiger partial charge in [-0.2, -0.15) is 0 Å². The van der Waals surface area contributed by atoms with Crippen molar-refractivity contribution in [2.75, 3.05) is 125 Å². The van der Waals surface area contributed by atoms with Gasteiger partial charge < -0.3 is 65.8 Å². The quantitative estimate of drug-likeness (QED) is 0.0231. The first-order chi connectivity index (χ1) is 35.7. The Kier molecular flexibility index (Phi) is 20.4. The number of nitrogens with zero attached hydrogens (tertiary/aromatic N) is 2. The van der Waals surface area contributed by atoms with E-state index in [-0.39, 0.29) is 36.9 Å². The van der Waals surface area contributed by atoms with E-state index >= 15 is 0 Å². The highest BCUT2D eigenvalue weighted by Gasteiger charge is 2.42. The van der Waals surface area contributed by atoms with Crippen LogP contribution in [0, 0.1) is 0 Å². The molecule has 0 saturated heterocycles. The second-order valence-corrected chi connectivity index (χ2v) is 19.4. The van der Waals surface area contributed by atoms with Crippen molar-refractivity contribution in [1.29, 1.82) is 0 Å². The molecular formula is C58H80N2O14+2. The lowest BCUT2D eigenvalue weighted by molar-refractivity contribution is -0.941. The first-order valence-electron chi connectivity index (χ1n) is 25.5. The summed E-state index contributed by atoms with van der Waals surface area (Å²) in [5.74, 6) is 5.81. The molecule has 16 heteroatoms. The van der Waals surface area contributed by atoms with Crippen molar-refractivity contribution in [3.8, 4) is 57.5 Å². The molecule has 0 N–H and O–H groups in total. The fourth-order valence-electron chi connectivity index (χ4n) is 10.8. The third-order valence-electron chi connectivity index (χ3n) is 15.0. The van der Waals surface area contributed by atoms with Gasteiger partial charge in [0.15, 0.2) is 46.0 Å². The van der Waals surface area contributed by atoms with Crippen molar-refractivity contribution in [3.63, 3.8) is 0 Å². The lowest BCUT2D eigenvalue weighted by Gasteiger charge is -2.46. The van der Waals surface area contributed by atoms with Crippen LogP contribution in [0.3, 0.4) is 0 Å². The smallest absolute Gasteiger partial charge is 0.306 e. The lowest BCUT2D eigenvalue weighted by atomic mass is 9.86. The van der Waals surface area contributed by atoms with Gasteiger partial charge in [-0.1, -0.05) is 12.2 Å². The summed E-state index contributed by atoms with van der Waals surface area (Å²) in [6.07, 6.45) is 9.94. The largest absolute Gasteiger partial charge is 0.493 e. The average molecular weight is 1030 g/mol. The van der Waals surface area contributed by atoms with E-state index < -0.39 is 0 Å². The van der Waals surface area contributed by atoms with Crippen LogP contribution in [-0.2, 0) is 44.7 Å². The first-order valence-corrected chi connectivity index (χ1v) is 25.5. The molecule has 16 nitrogen and oxygen atoms in total. The van der Waals surface area contributed by atoms with Crippen LogP contribution in [0.25, 0.3) is 0 Å². The van der Waals surface area contributed by atoms with Gasteiger partial charge in [0.1, 0.15) is 12.1 Å². The van der Waals surface area contributed by atoms with Gasteiger partial charge in [0, 0.05) is 62.5 Å². The van der Waals surface area contributed by atoms with Gasteiger partial charge in [0.2, 0.25) is 11.5 Å². The summed E-state index contributed by atoms with van der Waals surface area (Å²) in [5.41, 5.74) is 6.93. The number of hydrogen-bond acceptors (Lipinski definition) is 14. The molecule has 0 radical (unpaired) electrons. The Hall–Kier alpha value is -6.52. The van der Waals surface area contributed by atoms with E-state index in [9.17, 15) is 9.59 Å². The molecule has 74 heavy (non-hydrogen) atoms. The minimum atomic E-state index is -0.246. The first kappa shape index (κ1) is 56.8. The number of quaternary nitrogens is 2. The summed E-state index contributed by atoms with van der Waals surface area (Å²) in [7, 11) is 20.9. The van der Waals surface area contributed by atoms with Crippen molar-refractivity contribution >= 4 is 11.9 Å². The van der Waals surface area contributed by atoms with Gasteiger partial charge in [-0.05, 0) is 83.6 Å². The Morgan fingerprint density at radius 1 is 0.459 bits per heavy atom. The van der Waals surface area contributed by atoms with Crippen molar-refractivity contribution in [3.05, 3.63) is 94.1 Å². The third kappa shape index (κ3) is 13.4. The maximum Gasteiger partial charge on any atom is 0.306 e. The van der Waals surface area contributed by atoms with Gasteiger partial charge >= 0.3 is 11.9 Å². The Labute approximate surface area is 438 Å². The predicted octanol–water partition coefficient (Wildman–Crippen LogP) is 9.03. The third-order valence-corrected chi connectivity index (χ3v) is 15.0. The van der Waals surface area contributed by atoms with E-state index in [1.54, 1.807) is 71.1 Å². The number of likely N-dealkylation sites (N-methyl/N-ethyl adjacent to an activating group) is 2. The number of hydrogen-bond donors (Lipinski definition) is 0. The second-order valence-electron chi connectivity index (χ2n) is 19.4. The molecule has 0 fully saturated rings. The number of carbonyl (C=O) groups excluding carboxylic acids is 2. The standard InChI is InChI=1S/C58H80N2O14/c1-59(25-21-41-35-47(63-3)49(65-5)37-43(41)45(59)29-39-31-51(67-7)57(71-11)52(32-39)68-8)23-17-27-73-55(61)19-15-13-14-16-20-56(62)74-28-18-24-60(2)26-22-42-36-48(64-4)50(66-6)38-44(42)46(60)30-40-33-53(69-9)58(72-12)54(34-40)70-10/h13-14,31-38,45-46H,15-30H2,1-12H3/q+2/t45-,46-,59+,60+/m1/s1. The monoisotopic (exact) mass is 1030 g/mol. The van der Waals surface area contributed by atoms with Crippen LogP contribution in [0.15, 0.2) is 60.7 Å². The highest BCUT2D eigenvalue weighted by molar-refractivity contribution is 5.70. The van der Waals surface area contributed by atoms with Crippen molar-refractivity contribution in [1.82, 2.24) is 0 Å². The van der Waals surface area contributed by atoms with Crippen LogP contribution in [0.2, 0.25) is 0 Å². The summed E-state index contributed by atoms with van der Waals surface area (Å²) in [6, 6.07) is 16.5. The molecule has 4 aromatic rings. The minimum Gasteiger partial charge on any atom is -0.493 e. The van der Waals surface area contributed by atoms with Crippen LogP contribution >= 0.6 is 0 Å². The van der Waals surface area contributed by atoms with E-state index in [2.05, 4.69) is 38.4 Å². The normalized spacial score (nSPS) is 18.9. The van der Waals surface area contributed by atoms with Crippen LogP contribution in [0.5, 0.6) is 57.5 Å². The Morgan fingerprint density at radius 2 is 0.784 bits per heavy atom. The second kappa shape index (κ2) is 26.6. The van der Waals surface area contributed by atoms with Gasteiger partial charge in [-0.25, -0.2) is 0 Å². The highest BCUT2D eigenvalue weighted by atomic mass is 16.6. The molecule has 0 aliphatic carbocycles. The number of benzene rings is 4. The molecule has 2 aliphatic heterocycles. The number of methoxy groups -OCH3 is 10. The van der Waals surface area contributed by atoms with Gasteiger partial charge in [-0.15, -0.1) is 0 Å². The molecule has 4 atom stereocenters. The number of esters is 2. The zero-order chi connectivity index (χ0) is 53.4. The van der Waals surface area contributed by atoms with Crippen molar-refractivity contribution < 1.29 is 75.4 Å². The molecule has 0 spiro atoms. The Morgan fingerprint density at radius 3 is 1.09 bits per heavy atom. The minimum absolute atomic E-state index is 0.0551. The maximum absolute atomic E-state index is 12.9. The van der Waals surface area contributed by atoms with E-state index in [1.807, 2.05) is 36.4 Å². The molecule has 0 amide bonds. The average Bonchev–Trinajstić information content (AvgIpc) is 3.42. The molecular weight excluding hydrogens is 949 g/mol. The number of ether oxygens (including phenoxy) is 12. The Balaban J connectivity index is 0.967. The molecule has 0 saturated carbocycles. The predicted molar refractivity (Wildman–Crippen MR) is 282 cm³/mol. The number of fused-ring (bicyclic) bond motifs is 2. The van der Waals surface area contributed by atoms with Crippen LogP contribution < -0.4 is 47.4 Å². The van der Waals surface area contributed by atoms with E-state index in [1.165, 1.54) is 22.3 Å². The van der Waals surface area contributed by atoms with E-state index in [0.29, 0.717) is 109 Å². The molecule has 0 bridgehead atoms. The fraction of sp³-hybridized carbons (Fsp3) is 0.517. The summed E-state index contributed by atoms with van der Waals surface area (Å²) in [4.78, 5) is 25.7. The maximum atomic E-state index is 12.9. The number of rotatable bonds is 28. The summed E-state index contributed by atoms with van der Waals surface area (Å²) in [5, 5.41) is 0. The van der Waals surface area contributed by atoms with Gasteiger partial charge in [0.25, 0.3) is 0 Å². The molecule has 2 aliphatic rings. The fourth-order valence-corrected chi connectivity index (χ4v) is 10.8. The van der Waals surface area contributed by atoms with Crippen molar-refractivity contribution in [2.45, 2.75) is 76.3 Å². The number of carbonyl (C=O) groups is 2. The van der Waals surface area contributed by atoms with E-state index in [4.69, 9.17) is 56.8 Å². The van der Waals surface area contributed by atoms with Gasteiger partial charge in [0.05, 0.1) is 125 Å². The lowest BCUT2D eigenvalue weighted by Crippen LogP contribution is -2.52. The molecule has 0 aromatic heterocycles. The highest BCUT2D eigenvalue weighted by Crippen LogP contribution is 2.47. The topological polar surface area (TPSA) is 145 Å². The summed E-state index contributed by atoms with van der Waals surface area (Å²) >= 11 is 0. The molecule has 6 rings (SSSR count). The molecule has 0 unspecified atom stereocenters. The van der Waals surface area contributed by atoms with Crippen LogP contribution in [0.1, 0.15) is 84.0 Å². The van der Waals surface area contributed by atoms with Gasteiger partial charge in [-0.3, -0.25) is 9.59 Å². The van der Waals surface area contributed by atoms with E-state index in [0.717, 1.165) is 59.1 Å². The summed E-state index contributed by atoms with van der Waals surface area (Å²) < 4.78 is 69.8. The molecule has 4 aromatic carbocycles. The zero-order valence-electron chi connectivity index (χ0n) is 45.9. The molecule has 2 heterocycles. The Bertz CT molecular complexity index is 2340. The zero-order valence-corrected chi connectivity index (χ0v) is 45.9. The van der Waals surface area contributed by atoms with Crippen LogP contribution in [0.4, 0.5) is 0 Å². The SMILES string of the molecule is COc1cc2c(cc1OC)[C@@H](Cc1cc(OC)c(OC)c(OC)c1)[N@@+](C)(CCCOC(=O)CCC=CCCC(=O)OCCC[N@@+]1(C)CCc3cc(OC)c(OC)cc3[C@H]1Cc1cc(OC)c(OC)c(OC)c1)CC2. The number of allylic oxidation sites excluding steroid dienone is 2.